The van der Waals surface area contributed by atoms with E-state index in [0.717, 1.165) is 29.3 Å². The number of halogens is 1. The van der Waals surface area contributed by atoms with Gasteiger partial charge in [0.25, 0.3) is 0 Å². The Balaban J connectivity index is 2.28. The molecule has 7 heteroatoms. The Morgan fingerprint density at radius 1 is 1.50 bits per heavy atom. The quantitative estimate of drug-likeness (QED) is 0.791. The van der Waals surface area contributed by atoms with Crippen molar-refractivity contribution in [1.29, 1.82) is 0 Å². The molecule has 0 bridgehead atoms. The number of aromatic nitrogens is 4. The van der Waals surface area contributed by atoms with E-state index in [-0.39, 0.29) is 12.2 Å². The molecule has 0 aliphatic carbocycles. The fourth-order valence-corrected chi connectivity index (χ4v) is 2.51. The summed E-state index contributed by atoms with van der Waals surface area (Å²) < 4.78 is 5.46. The van der Waals surface area contributed by atoms with Crippen LogP contribution in [0, 0.1) is 0 Å². The molecule has 0 aliphatic heterocycles. The number of aryl methyl sites for hydroxylation is 2. The Kier molecular flexibility index (Phi) is 4.08. The van der Waals surface area contributed by atoms with Gasteiger partial charge in [0, 0.05) is 11.9 Å². The third-order valence-corrected chi connectivity index (χ3v) is 3.61. The molecule has 0 aromatic carbocycles. The molecule has 0 amide bonds. The van der Waals surface area contributed by atoms with Gasteiger partial charge in [-0.3, -0.25) is 9.48 Å². The van der Waals surface area contributed by atoms with Crippen LogP contribution in [0.3, 0.4) is 0 Å². The molecular formula is C11H13ClN4OS. The number of hydrogen-bond donors (Lipinski definition) is 0. The second kappa shape index (κ2) is 5.58. The normalized spacial score (nSPS) is 10.8. The van der Waals surface area contributed by atoms with Crippen LogP contribution in [0.15, 0.2) is 5.38 Å². The topological polar surface area (TPSA) is 60.7 Å². The van der Waals surface area contributed by atoms with Crippen LogP contribution in [0.4, 0.5) is 0 Å². The standard InChI is InChI=1S/C11H13ClN4OS/c1-3-7-11(12)9(16(4-2)14-7)5-10(17)8-6-18-15-13-8/h6H,3-5H2,1-2H3. The van der Waals surface area contributed by atoms with E-state index in [1.54, 1.807) is 10.1 Å². The van der Waals surface area contributed by atoms with Crippen LogP contribution in [0.25, 0.3) is 0 Å². The first kappa shape index (κ1) is 13.2. The van der Waals surface area contributed by atoms with E-state index in [0.29, 0.717) is 17.3 Å². The van der Waals surface area contributed by atoms with Crippen molar-refractivity contribution in [2.45, 2.75) is 33.2 Å². The second-order valence-electron chi connectivity index (χ2n) is 3.77. The molecule has 5 nitrogen and oxygen atoms in total. The van der Waals surface area contributed by atoms with Crippen LogP contribution >= 0.6 is 23.1 Å². The molecule has 0 fully saturated rings. The van der Waals surface area contributed by atoms with Crippen molar-refractivity contribution in [3.8, 4) is 0 Å². The van der Waals surface area contributed by atoms with E-state index in [4.69, 9.17) is 11.6 Å². The zero-order valence-electron chi connectivity index (χ0n) is 10.2. The first-order valence-corrected chi connectivity index (χ1v) is 6.93. The summed E-state index contributed by atoms with van der Waals surface area (Å²) in [7, 11) is 0. The van der Waals surface area contributed by atoms with Gasteiger partial charge in [0.15, 0.2) is 5.78 Å². The molecule has 2 heterocycles. The monoisotopic (exact) mass is 284 g/mol. The summed E-state index contributed by atoms with van der Waals surface area (Å²) in [5.74, 6) is -0.0806. The number of nitrogens with zero attached hydrogens (tertiary/aromatic N) is 4. The smallest absolute Gasteiger partial charge is 0.189 e. The predicted molar refractivity (Wildman–Crippen MR) is 70.2 cm³/mol. The maximum absolute atomic E-state index is 12.0. The van der Waals surface area contributed by atoms with E-state index < -0.39 is 0 Å². The number of rotatable bonds is 5. The number of hydrogen-bond acceptors (Lipinski definition) is 5. The molecule has 0 N–H and O–H groups in total. The average molecular weight is 285 g/mol. The first-order chi connectivity index (χ1) is 8.67. The first-order valence-electron chi connectivity index (χ1n) is 5.71. The van der Waals surface area contributed by atoms with Gasteiger partial charge in [0.2, 0.25) is 0 Å². The third-order valence-electron chi connectivity index (χ3n) is 2.67. The molecule has 0 aliphatic rings. The van der Waals surface area contributed by atoms with Gasteiger partial charge in [0.1, 0.15) is 5.69 Å². The highest BCUT2D eigenvalue weighted by atomic mass is 35.5. The fraction of sp³-hybridized carbons (Fsp3) is 0.455. The van der Waals surface area contributed by atoms with E-state index >= 15 is 0 Å². The Hall–Kier alpha value is -1.27. The van der Waals surface area contributed by atoms with Crippen LogP contribution in [0.1, 0.15) is 35.7 Å². The van der Waals surface area contributed by atoms with Crippen molar-refractivity contribution in [3.05, 3.63) is 27.5 Å². The van der Waals surface area contributed by atoms with Crippen LogP contribution in [-0.4, -0.2) is 25.2 Å². The van der Waals surface area contributed by atoms with Crippen molar-refractivity contribution < 1.29 is 4.79 Å². The highest BCUT2D eigenvalue weighted by molar-refractivity contribution is 7.03. The number of carbonyl (C=O) groups excluding carboxylic acids is 1. The lowest BCUT2D eigenvalue weighted by Crippen LogP contribution is -2.10. The Bertz CT molecular complexity index is 550. The van der Waals surface area contributed by atoms with Crippen molar-refractivity contribution in [3.63, 3.8) is 0 Å². The second-order valence-corrected chi connectivity index (χ2v) is 4.75. The molecule has 0 saturated heterocycles. The molecule has 0 radical (unpaired) electrons. The molecule has 0 atom stereocenters. The Morgan fingerprint density at radius 2 is 2.28 bits per heavy atom. The highest BCUT2D eigenvalue weighted by Crippen LogP contribution is 2.23. The van der Waals surface area contributed by atoms with Gasteiger partial charge in [-0.1, -0.05) is 23.0 Å². The van der Waals surface area contributed by atoms with Crippen molar-refractivity contribution in [2.75, 3.05) is 0 Å². The maximum Gasteiger partial charge on any atom is 0.189 e. The summed E-state index contributed by atoms with van der Waals surface area (Å²) in [4.78, 5) is 12.0. The van der Waals surface area contributed by atoms with E-state index in [1.165, 1.54) is 0 Å². The third kappa shape index (κ3) is 2.44. The zero-order chi connectivity index (χ0) is 13.1. The molecular weight excluding hydrogens is 272 g/mol. The zero-order valence-corrected chi connectivity index (χ0v) is 11.8. The molecule has 0 saturated carbocycles. The minimum absolute atomic E-state index is 0.0806. The summed E-state index contributed by atoms with van der Waals surface area (Å²) in [6, 6.07) is 0. The molecule has 96 valence electrons. The Labute approximate surface area is 114 Å². The highest BCUT2D eigenvalue weighted by Gasteiger charge is 2.19. The number of ketones is 1. The van der Waals surface area contributed by atoms with Crippen molar-refractivity contribution in [2.24, 2.45) is 0 Å². The van der Waals surface area contributed by atoms with E-state index in [9.17, 15) is 4.79 Å². The van der Waals surface area contributed by atoms with Crippen molar-refractivity contribution in [1.82, 2.24) is 19.4 Å². The van der Waals surface area contributed by atoms with Crippen LogP contribution in [0.2, 0.25) is 5.02 Å². The van der Waals surface area contributed by atoms with Gasteiger partial charge < -0.3 is 0 Å². The van der Waals surface area contributed by atoms with Gasteiger partial charge >= 0.3 is 0 Å². The van der Waals surface area contributed by atoms with Gasteiger partial charge in [-0.2, -0.15) is 5.10 Å². The van der Waals surface area contributed by atoms with Gasteiger partial charge in [-0.25, -0.2) is 0 Å². The lowest BCUT2D eigenvalue weighted by atomic mass is 10.1. The minimum atomic E-state index is -0.0806. The molecule has 18 heavy (non-hydrogen) atoms. The van der Waals surface area contributed by atoms with Gasteiger partial charge in [-0.15, -0.1) is 5.10 Å². The summed E-state index contributed by atoms with van der Waals surface area (Å²) in [5, 5.41) is 10.4. The van der Waals surface area contributed by atoms with Crippen LogP contribution in [-0.2, 0) is 19.4 Å². The van der Waals surface area contributed by atoms with Gasteiger partial charge in [0.05, 0.1) is 22.8 Å². The Morgan fingerprint density at radius 3 is 2.83 bits per heavy atom. The molecule has 2 aromatic rings. The maximum atomic E-state index is 12.0. The summed E-state index contributed by atoms with van der Waals surface area (Å²) >= 11 is 7.41. The molecule has 0 unspecified atom stereocenters. The SMILES string of the molecule is CCc1nn(CC)c(CC(=O)c2csnn2)c1Cl. The van der Waals surface area contributed by atoms with Crippen LogP contribution < -0.4 is 0 Å². The largest absolute Gasteiger partial charge is 0.292 e. The number of carbonyl (C=O) groups is 1. The van der Waals surface area contributed by atoms with E-state index in [1.807, 2.05) is 13.8 Å². The lowest BCUT2D eigenvalue weighted by Gasteiger charge is -2.03. The molecule has 2 aromatic heterocycles. The fourth-order valence-electron chi connectivity index (χ4n) is 1.71. The summed E-state index contributed by atoms with van der Waals surface area (Å²) in [5.41, 5.74) is 1.98. The molecule has 2 rings (SSSR count). The average Bonchev–Trinajstić information content (AvgIpc) is 2.99. The predicted octanol–water partition coefficient (Wildman–Crippen LogP) is 2.40. The lowest BCUT2D eigenvalue weighted by molar-refractivity contribution is 0.0986. The van der Waals surface area contributed by atoms with E-state index in [2.05, 4.69) is 14.7 Å². The van der Waals surface area contributed by atoms with Gasteiger partial charge in [-0.05, 0) is 24.9 Å². The summed E-state index contributed by atoms with van der Waals surface area (Å²) in [6.45, 7) is 4.66. The number of Topliss-reactive ketones (excluding diaryl/α,β-unsaturated/α-hetero) is 1. The van der Waals surface area contributed by atoms with Crippen molar-refractivity contribution >= 4 is 28.9 Å². The minimum Gasteiger partial charge on any atom is -0.292 e. The molecule has 0 spiro atoms. The summed E-state index contributed by atoms with van der Waals surface area (Å²) in [6.07, 6.45) is 0.969. The van der Waals surface area contributed by atoms with Crippen LogP contribution in [0.5, 0.6) is 0 Å².